The maximum atomic E-state index is 15.0. The molecule has 0 amide bonds. The zero-order chi connectivity index (χ0) is 16.3. The number of hydrogen-bond acceptors (Lipinski definition) is 3. The van der Waals surface area contributed by atoms with Gasteiger partial charge in [-0.15, -0.1) is 0 Å². The van der Waals surface area contributed by atoms with Gasteiger partial charge < -0.3 is 13.9 Å². The molecule has 3 nitrogen and oxygen atoms in total. The largest absolute Gasteiger partial charge is 0.494 e. The summed E-state index contributed by atoms with van der Waals surface area (Å²) in [5, 5.41) is 0.797. The van der Waals surface area contributed by atoms with Gasteiger partial charge >= 0.3 is 0 Å². The quantitative estimate of drug-likeness (QED) is 0.440. The van der Waals surface area contributed by atoms with Crippen LogP contribution in [0.4, 0.5) is 4.39 Å². The van der Waals surface area contributed by atoms with E-state index in [2.05, 4.69) is 6.92 Å². The molecule has 0 N–H and O–H groups in total. The highest BCUT2D eigenvalue weighted by atomic mass is 19.1. The summed E-state index contributed by atoms with van der Waals surface area (Å²) in [5.74, 6) is 0.582. The van der Waals surface area contributed by atoms with Crippen LogP contribution in [0.5, 0.6) is 5.75 Å². The maximum Gasteiger partial charge on any atom is 0.204 e. The molecule has 1 aromatic heterocycles. The lowest BCUT2D eigenvalue weighted by Crippen LogP contribution is -2.17. The van der Waals surface area contributed by atoms with Crippen molar-refractivity contribution in [1.29, 1.82) is 0 Å². The molecule has 1 aliphatic carbocycles. The van der Waals surface area contributed by atoms with E-state index in [0.717, 1.165) is 30.3 Å². The van der Waals surface area contributed by atoms with E-state index in [1.165, 1.54) is 12.2 Å². The van der Waals surface area contributed by atoms with Gasteiger partial charge in [0.1, 0.15) is 17.6 Å². The molecule has 0 aliphatic heterocycles. The zero-order valence-corrected chi connectivity index (χ0v) is 13.0. The van der Waals surface area contributed by atoms with E-state index in [9.17, 15) is 9.18 Å². The second-order valence-electron chi connectivity index (χ2n) is 5.71. The number of alkyl halides is 1. The smallest absolute Gasteiger partial charge is 0.204 e. The number of benzene rings is 1. The van der Waals surface area contributed by atoms with Crippen LogP contribution < -0.4 is 4.74 Å². The SMILES string of the molecule is CCCCOc1ccc2oc(C3(F)C=CC(C=O)C=C3)cc2c1. The Morgan fingerprint density at radius 2 is 2.09 bits per heavy atom. The van der Waals surface area contributed by atoms with Crippen molar-refractivity contribution in [3.8, 4) is 5.75 Å². The molecule has 0 bridgehead atoms. The molecular formula is C19H19FO3. The Morgan fingerprint density at radius 1 is 1.30 bits per heavy atom. The molecule has 3 rings (SSSR count). The number of halogens is 1. The minimum absolute atomic E-state index is 0.204. The van der Waals surface area contributed by atoms with E-state index in [1.807, 2.05) is 12.1 Å². The Labute approximate surface area is 134 Å². The Balaban J connectivity index is 1.85. The topological polar surface area (TPSA) is 39.4 Å². The first-order valence-electron chi connectivity index (χ1n) is 7.84. The summed E-state index contributed by atoms with van der Waals surface area (Å²) in [4.78, 5) is 10.7. The van der Waals surface area contributed by atoms with Crippen molar-refractivity contribution in [3.63, 3.8) is 0 Å². The molecule has 0 atom stereocenters. The minimum atomic E-state index is -1.82. The third-order valence-electron chi connectivity index (χ3n) is 3.91. The Morgan fingerprint density at radius 3 is 2.78 bits per heavy atom. The molecule has 120 valence electrons. The summed E-state index contributed by atoms with van der Waals surface area (Å²) < 4.78 is 26.3. The zero-order valence-electron chi connectivity index (χ0n) is 13.0. The molecule has 1 aromatic carbocycles. The number of ether oxygens (including phenoxy) is 1. The molecule has 1 aliphatic rings. The van der Waals surface area contributed by atoms with E-state index in [4.69, 9.17) is 9.15 Å². The monoisotopic (exact) mass is 314 g/mol. The van der Waals surface area contributed by atoms with Crippen LogP contribution >= 0.6 is 0 Å². The van der Waals surface area contributed by atoms with E-state index in [0.29, 0.717) is 12.2 Å². The Bertz CT molecular complexity index is 743. The maximum absolute atomic E-state index is 15.0. The second kappa shape index (κ2) is 6.41. The highest BCUT2D eigenvalue weighted by Crippen LogP contribution is 2.37. The first-order chi connectivity index (χ1) is 11.1. The summed E-state index contributed by atoms with van der Waals surface area (Å²) in [7, 11) is 0. The summed E-state index contributed by atoms with van der Waals surface area (Å²) in [6, 6.07) is 7.14. The van der Waals surface area contributed by atoms with Crippen LogP contribution in [0.2, 0.25) is 0 Å². The van der Waals surface area contributed by atoms with Crippen molar-refractivity contribution < 1.29 is 18.3 Å². The molecule has 0 unspecified atom stereocenters. The summed E-state index contributed by atoms with van der Waals surface area (Å²) in [5.41, 5.74) is -1.21. The van der Waals surface area contributed by atoms with Gasteiger partial charge in [-0.3, -0.25) is 0 Å². The van der Waals surface area contributed by atoms with Crippen LogP contribution in [-0.4, -0.2) is 12.9 Å². The standard InChI is InChI=1S/C19H19FO3/c1-2-3-10-22-16-4-5-17-15(11-16)12-18(23-17)19(20)8-6-14(13-21)7-9-19/h4-9,11-14H,2-3,10H2,1H3. The van der Waals surface area contributed by atoms with Gasteiger partial charge in [0.15, 0.2) is 5.76 Å². The van der Waals surface area contributed by atoms with Crippen molar-refractivity contribution in [2.24, 2.45) is 5.92 Å². The number of carbonyl (C=O) groups is 1. The van der Waals surface area contributed by atoms with E-state index < -0.39 is 5.67 Å². The van der Waals surface area contributed by atoms with E-state index in [-0.39, 0.29) is 11.7 Å². The Hall–Kier alpha value is -2.36. The second-order valence-corrected chi connectivity index (χ2v) is 5.71. The first-order valence-corrected chi connectivity index (χ1v) is 7.84. The van der Waals surface area contributed by atoms with Gasteiger partial charge in [0.2, 0.25) is 5.67 Å². The number of carbonyl (C=O) groups excluding carboxylic acids is 1. The molecule has 0 spiro atoms. The average Bonchev–Trinajstić information content (AvgIpc) is 3.00. The van der Waals surface area contributed by atoms with Crippen LogP contribution in [0.15, 0.2) is 53.0 Å². The number of hydrogen-bond donors (Lipinski definition) is 0. The van der Waals surface area contributed by atoms with E-state index >= 15 is 0 Å². The highest BCUT2D eigenvalue weighted by molar-refractivity contribution is 5.80. The highest BCUT2D eigenvalue weighted by Gasteiger charge is 2.32. The fraction of sp³-hybridized carbons (Fsp3) is 0.316. The Kier molecular flexibility index (Phi) is 4.33. The van der Waals surface area contributed by atoms with Gasteiger partial charge in [-0.25, -0.2) is 4.39 Å². The molecule has 0 saturated heterocycles. The van der Waals surface area contributed by atoms with Crippen LogP contribution in [-0.2, 0) is 10.5 Å². The molecule has 0 fully saturated rings. The van der Waals surface area contributed by atoms with Gasteiger partial charge in [-0.05, 0) is 42.8 Å². The average molecular weight is 314 g/mol. The van der Waals surface area contributed by atoms with Gasteiger partial charge in [0.05, 0.1) is 12.5 Å². The minimum Gasteiger partial charge on any atom is -0.494 e. The normalized spacial score (nSPS) is 23.3. The van der Waals surface area contributed by atoms with Crippen molar-refractivity contribution in [2.75, 3.05) is 6.61 Å². The number of furan rings is 1. The molecular weight excluding hydrogens is 295 g/mol. The molecule has 1 heterocycles. The summed E-state index contributed by atoms with van der Waals surface area (Å²) in [6.07, 6.45) is 8.65. The third-order valence-corrected chi connectivity index (χ3v) is 3.91. The predicted octanol–water partition coefficient (Wildman–Crippen LogP) is 4.72. The van der Waals surface area contributed by atoms with Gasteiger partial charge in [-0.1, -0.05) is 25.5 Å². The molecule has 2 aromatic rings. The van der Waals surface area contributed by atoms with Crippen LogP contribution in [0, 0.1) is 5.92 Å². The third kappa shape index (κ3) is 3.21. The fourth-order valence-electron chi connectivity index (χ4n) is 2.51. The lowest BCUT2D eigenvalue weighted by Gasteiger charge is -2.18. The lowest BCUT2D eigenvalue weighted by molar-refractivity contribution is -0.109. The summed E-state index contributed by atoms with van der Waals surface area (Å²) in [6.45, 7) is 2.77. The fourth-order valence-corrected chi connectivity index (χ4v) is 2.51. The van der Waals surface area contributed by atoms with Crippen molar-refractivity contribution in [2.45, 2.75) is 25.4 Å². The van der Waals surface area contributed by atoms with Crippen LogP contribution in [0.3, 0.4) is 0 Å². The van der Waals surface area contributed by atoms with Crippen LogP contribution in [0.1, 0.15) is 25.5 Å². The number of unbranched alkanes of at least 4 members (excludes halogenated alkanes) is 1. The summed E-state index contributed by atoms with van der Waals surface area (Å²) >= 11 is 0. The van der Waals surface area contributed by atoms with Gasteiger partial charge in [-0.2, -0.15) is 0 Å². The predicted molar refractivity (Wildman–Crippen MR) is 87.2 cm³/mol. The molecule has 0 radical (unpaired) electrons. The lowest BCUT2D eigenvalue weighted by atomic mass is 9.92. The number of allylic oxidation sites excluding steroid dienone is 4. The van der Waals surface area contributed by atoms with E-state index in [1.54, 1.807) is 24.3 Å². The molecule has 23 heavy (non-hydrogen) atoms. The van der Waals surface area contributed by atoms with Crippen molar-refractivity contribution in [3.05, 3.63) is 54.3 Å². The van der Waals surface area contributed by atoms with Gasteiger partial charge in [0.25, 0.3) is 0 Å². The van der Waals surface area contributed by atoms with Crippen molar-refractivity contribution >= 4 is 17.3 Å². The van der Waals surface area contributed by atoms with Crippen LogP contribution in [0.25, 0.3) is 11.0 Å². The molecule has 4 heteroatoms. The molecule has 0 saturated carbocycles. The number of rotatable bonds is 6. The number of aldehydes is 1. The first kappa shape index (κ1) is 15.5. The number of fused-ring (bicyclic) bond motifs is 1. The van der Waals surface area contributed by atoms with Gasteiger partial charge in [0, 0.05) is 5.39 Å². The van der Waals surface area contributed by atoms with Crippen molar-refractivity contribution in [1.82, 2.24) is 0 Å².